The molecule has 0 saturated heterocycles. The van der Waals surface area contributed by atoms with Gasteiger partial charge in [0.15, 0.2) is 11.5 Å². The average molecular weight is 223 g/mol. The Morgan fingerprint density at radius 2 is 2.12 bits per heavy atom. The Bertz CT molecular complexity index is 377. The number of rotatable bonds is 3. The van der Waals surface area contributed by atoms with E-state index in [2.05, 4.69) is 0 Å². The van der Waals surface area contributed by atoms with Gasteiger partial charge in [-0.15, -0.1) is 0 Å². The zero-order chi connectivity index (χ0) is 11.5. The maximum atomic E-state index is 5.98. The topological polar surface area (TPSA) is 53.7 Å². The monoisotopic (exact) mass is 223 g/mol. The van der Waals surface area contributed by atoms with E-state index in [1.165, 1.54) is 0 Å². The Balaban J connectivity index is 2.48. The maximum Gasteiger partial charge on any atom is 0.166 e. The van der Waals surface area contributed by atoms with Crippen LogP contribution in [-0.4, -0.2) is 20.3 Å². The molecule has 0 aromatic heterocycles. The van der Waals surface area contributed by atoms with E-state index in [0.29, 0.717) is 19.8 Å². The van der Waals surface area contributed by atoms with Crippen molar-refractivity contribution in [2.45, 2.75) is 19.6 Å². The van der Waals surface area contributed by atoms with Crippen LogP contribution in [0.3, 0.4) is 0 Å². The second-order valence-electron chi connectivity index (χ2n) is 3.88. The summed E-state index contributed by atoms with van der Waals surface area (Å²) in [5, 5.41) is 0. The third kappa shape index (κ3) is 1.99. The van der Waals surface area contributed by atoms with Crippen molar-refractivity contribution >= 4 is 0 Å². The van der Waals surface area contributed by atoms with Crippen molar-refractivity contribution in [2.75, 3.05) is 20.3 Å². The van der Waals surface area contributed by atoms with E-state index < -0.39 is 0 Å². The number of nitrogens with two attached hydrogens (primary N) is 1. The molecule has 1 aromatic carbocycles. The molecule has 2 N–H and O–H groups in total. The van der Waals surface area contributed by atoms with Crippen LogP contribution in [0.2, 0.25) is 0 Å². The predicted octanol–water partition coefficient (Wildman–Crippen LogP) is 1.62. The Morgan fingerprint density at radius 3 is 2.81 bits per heavy atom. The molecule has 0 aliphatic carbocycles. The molecular weight excluding hydrogens is 206 g/mol. The molecular formula is C12H17NO3. The molecule has 1 atom stereocenters. The molecule has 2 rings (SSSR count). The van der Waals surface area contributed by atoms with Gasteiger partial charge >= 0.3 is 0 Å². The molecule has 4 heteroatoms. The van der Waals surface area contributed by atoms with Gasteiger partial charge in [-0.2, -0.15) is 0 Å². The fourth-order valence-corrected chi connectivity index (χ4v) is 1.96. The number of methoxy groups -OCH3 is 1. The third-order valence-corrected chi connectivity index (χ3v) is 2.59. The van der Waals surface area contributed by atoms with Crippen molar-refractivity contribution in [2.24, 2.45) is 5.73 Å². The lowest BCUT2D eigenvalue weighted by molar-refractivity contribution is 0.164. The largest absolute Gasteiger partial charge is 0.486 e. The smallest absolute Gasteiger partial charge is 0.166 e. The summed E-state index contributed by atoms with van der Waals surface area (Å²) in [4.78, 5) is 0. The van der Waals surface area contributed by atoms with Gasteiger partial charge in [-0.1, -0.05) is 6.07 Å². The molecule has 1 aliphatic rings. The Hall–Kier alpha value is -1.26. The molecule has 1 heterocycles. The van der Waals surface area contributed by atoms with Crippen molar-refractivity contribution in [3.63, 3.8) is 0 Å². The van der Waals surface area contributed by atoms with Gasteiger partial charge in [0.25, 0.3) is 0 Å². The number of hydrogen-bond donors (Lipinski definition) is 1. The van der Waals surface area contributed by atoms with Gasteiger partial charge in [0, 0.05) is 18.7 Å². The number of benzene rings is 1. The molecule has 1 aromatic rings. The van der Waals surface area contributed by atoms with Gasteiger partial charge in [-0.25, -0.2) is 0 Å². The Labute approximate surface area is 95.3 Å². The Morgan fingerprint density at radius 1 is 1.38 bits per heavy atom. The van der Waals surface area contributed by atoms with Crippen LogP contribution >= 0.6 is 0 Å². The van der Waals surface area contributed by atoms with Crippen LogP contribution in [0.1, 0.15) is 24.1 Å². The SMILES string of the molecule is COCc1ccc2c(c1C(C)N)OCCO2. The van der Waals surface area contributed by atoms with Crippen molar-refractivity contribution in [3.8, 4) is 11.5 Å². The van der Waals surface area contributed by atoms with Crippen LogP contribution in [-0.2, 0) is 11.3 Å². The molecule has 0 amide bonds. The average Bonchev–Trinajstić information content (AvgIpc) is 2.28. The molecule has 0 spiro atoms. The van der Waals surface area contributed by atoms with Gasteiger partial charge in [0.2, 0.25) is 0 Å². The van der Waals surface area contributed by atoms with Crippen LogP contribution in [0.4, 0.5) is 0 Å². The minimum atomic E-state index is -0.0956. The van der Waals surface area contributed by atoms with E-state index in [9.17, 15) is 0 Å². The minimum absolute atomic E-state index is 0.0956. The molecule has 1 unspecified atom stereocenters. The van der Waals surface area contributed by atoms with Gasteiger partial charge in [-0.05, 0) is 18.6 Å². The highest BCUT2D eigenvalue weighted by Crippen LogP contribution is 2.38. The highest BCUT2D eigenvalue weighted by Gasteiger charge is 2.21. The quantitative estimate of drug-likeness (QED) is 0.846. The maximum absolute atomic E-state index is 5.98. The summed E-state index contributed by atoms with van der Waals surface area (Å²) < 4.78 is 16.3. The zero-order valence-corrected chi connectivity index (χ0v) is 9.66. The van der Waals surface area contributed by atoms with Crippen LogP contribution in [0.25, 0.3) is 0 Å². The van der Waals surface area contributed by atoms with E-state index in [1.54, 1.807) is 7.11 Å². The lowest BCUT2D eigenvalue weighted by atomic mass is 10.00. The number of ether oxygens (including phenoxy) is 3. The molecule has 0 bridgehead atoms. The Kier molecular flexibility index (Phi) is 3.31. The first-order chi connectivity index (χ1) is 7.74. The van der Waals surface area contributed by atoms with Crippen molar-refractivity contribution in [3.05, 3.63) is 23.3 Å². The molecule has 1 aliphatic heterocycles. The first-order valence-electron chi connectivity index (χ1n) is 5.40. The highest BCUT2D eigenvalue weighted by molar-refractivity contribution is 5.52. The second-order valence-corrected chi connectivity index (χ2v) is 3.88. The highest BCUT2D eigenvalue weighted by atomic mass is 16.6. The van der Waals surface area contributed by atoms with Crippen LogP contribution < -0.4 is 15.2 Å². The normalized spacial score (nSPS) is 15.9. The van der Waals surface area contributed by atoms with Crippen molar-refractivity contribution in [1.29, 1.82) is 0 Å². The molecule has 88 valence electrons. The summed E-state index contributed by atoms with van der Waals surface area (Å²) >= 11 is 0. The van der Waals surface area contributed by atoms with E-state index in [4.69, 9.17) is 19.9 Å². The summed E-state index contributed by atoms with van der Waals surface area (Å²) in [5.74, 6) is 1.55. The summed E-state index contributed by atoms with van der Waals surface area (Å²) in [6.07, 6.45) is 0. The lowest BCUT2D eigenvalue weighted by Gasteiger charge is -2.24. The summed E-state index contributed by atoms with van der Waals surface area (Å²) in [6.45, 7) is 3.64. The van der Waals surface area contributed by atoms with Crippen LogP contribution in [0, 0.1) is 0 Å². The first kappa shape index (κ1) is 11.2. The fourth-order valence-electron chi connectivity index (χ4n) is 1.96. The van der Waals surface area contributed by atoms with Crippen molar-refractivity contribution < 1.29 is 14.2 Å². The second kappa shape index (κ2) is 4.72. The molecule has 16 heavy (non-hydrogen) atoms. The molecule has 4 nitrogen and oxygen atoms in total. The number of hydrogen-bond acceptors (Lipinski definition) is 4. The van der Waals surface area contributed by atoms with Gasteiger partial charge in [-0.3, -0.25) is 0 Å². The molecule has 0 saturated carbocycles. The van der Waals surface area contributed by atoms with E-state index in [1.807, 2.05) is 19.1 Å². The summed E-state index contributed by atoms with van der Waals surface area (Å²) in [7, 11) is 1.67. The van der Waals surface area contributed by atoms with E-state index in [0.717, 1.165) is 22.6 Å². The fraction of sp³-hybridized carbons (Fsp3) is 0.500. The summed E-state index contributed by atoms with van der Waals surface area (Å²) in [6, 6.07) is 3.80. The van der Waals surface area contributed by atoms with Crippen LogP contribution in [0.15, 0.2) is 12.1 Å². The van der Waals surface area contributed by atoms with Gasteiger partial charge in [0.05, 0.1) is 6.61 Å². The third-order valence-electron chi connectivity index (χ3n) is 2.59. The van der Waals surface area contributed by atoms with E-state index in [-0.39, 0.29) is 6.04 Å². The van der Waals surface area contributed by atoms with E-state index >= 15 is 0 Å². The molecule has 0 fully saturated rings. The minimum Gasteiger partial charge on any atom is -0.486 e. The van der Waals surface area contributed by atoms with Crippen LogP contribution in [0.5, 0.6) is 11.5 Å². The van der Waals surface area contributed by atoms with Crippen molar-refractivity contribution in [1.82, 2.24) is 0 Å². The molecule has 0 radical (unpaired) electrons. The standard InChI is InChI=1S/C12H17NO3/c1-8(13)11-9(7-14-2)3-4-10-12(11)16-6-5-15-10/h3-4,8H,5-7,13H2,1-2H3. The van der Waals surface area contributed by atoms with Gasteiger partial charge < -0.3 is 19.9 Å². The lowest BCUT2D eigenvalue weighted by Crippen LogP contribution is -2.20. The first-order valence-corrected chi connectivity index (χ1v) is 5.40. The number of fused-ring (bicyclic) bond motifs is 1. The van der Waals surface area contributed by atoms with Gasteiger partial charge in [0.1, 0.15) is 13.2 Å². The zero-order valence-electron chi connectivity index (χ0n) is 9.66. The summed E-state index contributed by atoms with van der Waals surface area (Å²) in [5.41, 5.74) is 8.02. The predicted molar refractivity (Wildman–Crippen MR) is 60.7 cm³/mol.